The monoisotopic (exact) mass is 338 g/mol. The molecule has 0 aliphatic rings. The van der Waals surface area contributed by atoms with Crippen LogP contribution in [0.3, 0.4) is 0 Å². The van der Waals surface area contributed by atoms with Crippen molar-refractivity contribution < 1.29 is 14.7 Å². The Bertz CT molecular complexity index is 940. The van der Waals surface area contributed by atoms with Crippen LogP contribution in [-0.4, -0.2) is 16.9 Å². The Hall–Kier alpha value is -3.74. The van der Waals surface area contributed by atoms with Gasteiger partial charge in [-0.25, -0.2) is 0 Å². The summed E-state index contributed by atoms with van der Waals surface area (Å²) < 4.78 is 0. The van der Waals surface area contributed by atoms with Crippen LogP contribution in [0, 0.1) is 0 Å². The standard InChI is InChI=1S/C12H11N3O3.C6H7N/c13-9-7-2-1-5(11(14)17)3-6(7)4-8(10(9)16)12(15)18;7-6-4-2-1-3-5-6/h1-4,16H,13H2,(H2,14,17)(H2,15,18);1-5H,7H2. The van der Waals surface area contributed by atoms with Crippen LogP contribution in [0.4, 0.5) is 11.4 Å². The normalized spacial score (nSPS) is 9.92. The Balaban J connectivity index is 0.000000269. The number of para-hydroxylation sites is 1. The van der Waals surface area contributed by atoms with Gasteiger partial charge in [-0.05, 0) is 35.7 Å². The van der Waals surface area contributed by atoms with Crippen molar-refractivity contribution in [2.24, 2.45) is 11.5 Å². The van der Waals surface area contributed by atoms with Crippen molar-refractivity contribution >= 4 is 34.0 Å². The van der Waals surface area contributed by atoms with Crippen molar-refractivity contribution in [1.29, 1.82) is 0 Å². The van der Waals surface area contributed by atoms with E-state index in [0.29, 0.717) is 10.8 Å². The average molecular weight is 338 g/mol. The van der Waals surface area contributed by atoms with Crippen LogP contribution >= 0.6 is 0 Å². The number of phenols is 1. The Morgan fingerprint density at radius 2 is 1.48 bits per heavy atom. The number of fused-ring (bicyclic) bond motifs is 1. The smallest absolute Gasteiger partial charge is 0.252 e. The fourth-order valence-corrected chi connectivity index (χ4v) is 2.22. The molecule has 0 saturated carbocycles. The number of nitrogens with two attached hydrogens (primary N) is 4. The number of aromatic hydroxyl groups is 1. The molecule has 9 N–H and O–H groups in total. The van der Waals surface area contributed by atoms with Crippen molar-refractivity contribution in [2.75, 3.05) is 11.5 Å². The van der Waals surface area contributed by atoms with E-state index >= 15 is 0 Å². The quantitative estimate of drug-likeness (QED) is 0.354. The molecule has 3 aromatic carbocycles. The zero-order valence-electron chi connectivity index (χ0n) is 13.3. The first-order valence-electron chi connectivity index (χ1n) is 7.26. The fraction of sp³-hybridized carbons (Fsp3) is 0. The lowest BCUT2D eigenvalue weighted by molar-refractivity contribution is 0.0991. The third-order valence-corrected chi connectivity index (χ3v) is 3.50. The van der Waals surface area contributed by atoms with Gasteiger partial charge in [-0.2, -0.15) is 0 Å². The molecule has 0 spiro atoms. The maximum Gasteiger partial charge on any atom is 0.252 e. The van der Waals surface area contributed by atoms with Crippen LogP contribution in [0.25, 0.3) is 10.8 Å². The number of anilines is 2. The third kappa shape index (κ3) is 3.97. The number of carbonyl (C=O) groups excluding carboxylic acids is 2. The zero-order chi connectivity index (χ0) is 18.6. The van der Waals surface area contributed by atoms with Crippen molar-refractivity contribution in [3.8, 4) is 5.75 Å². The minimum absolute atomic E-state index is 0.0392. The maximum atomic E-state index is 11.2. The predicted octanol–water partition coefficient (Wildman–Crippen LogP) is 1.59. The van der Waals surface area contributed by atoms with Crippen molar-refractivity contribution in [2.45, 2.75) is 0 Å². The molecule has 0 atom stereocenters. The molecule has 0 radical (unpaired) electrons. The van der Waals surface area contributed by atoms with Crippen molar-refractivity contribution in [3.05, 3.63) is 65.7 Å². The van der Waals surface area contributed by atoms with Crippen molar-refractivity contribution in [3.63, 3.8) is 0 Å². The molecule has 2 amide bonds. The van der Waals surface area contributed by atoms with Crippen LogP contribution in [0.15, 0.2) is 54.6 Å². The number of rotatable bonds is 2. The third-order valence-electron chi connectivity index (χ3n) is 3.50. The molecular formula is C18H18N4O3. The van der Waals surface area contributed by atoms with E-state index in [2.05, 4.69) is 0 Å². The summed E-state index contributed by atoms with van der Waals surface area (Å²) in [5.41, 5.74) is 22.4. The molecule has 7 nitrogen and oxygen atoms in total. The van der Waals surface area contributed by atoms with E-state index in [4.69, 9.17) is 22.9 Å². The molecule has 0 aliphatic carbocycles. The number of carbonyl (C=O) groups is 2. The summed E-state index contributed by atoms with van der Waals surface area (Å²) in [6.07, 6.45) is 0. The summed E-state index contributed by atoms with van der Waals surface area (Å²) >= 11 is 0. The Kier molecular flexibility index (Phi) is 5.09. The molecule has 0 heterocycles. The number of hydrogen-bond acceptors (Lipinski definition) is 5. The Labute approximate surface area is 143 Å². The number of primary amides is 2. The van der Waals surface area contributed by atoms with Gasteiger partial charge in [-0.3, -0.25) is 9.59 Å². The summed E-state index contributed by atoms with van der Waals surface area (Å²) in [7, 11) is 0. The maximum absolute atomic E-state index is 11.2. The fourth-order valence-electron chi connectivity index (χ4n) is 2.22. The predicted molar refractivity (Wildman–Crippen MR) is 97.9 cm³/mol. The largest absolute Gasteiger partial charge is 0.505 e. The summed E-state index contributed by atoms with van der Waals surface area (Å²) in [6, 6.07) is 15.4. The van der Waals surface area contributed by atoms with Gasteiger partial charge >= 0.3 is 0 Å². The van der Waals surface area contributed by atoms with E-state index in [0.717, 1.165) is 5.69 Å². The van der Waals surface area contributed by atoms with Crippen molar-refractivity contribution in [1.82, 2.24) is 0 Å². The number of hydrogen-bond donors (Lipinski definition) is 5. The van der Waals surface area contributed by atoms with Gasteiger partial charge in [0.05, 0.1) is 11.3 Å². The van der Waals surface area contributed by atoms with E-state index in [1.165, 1.54) is 18.2 Å². The highest BCUT2D eigenvalue weighted by atomic mass is 16.3. The molecule has 3 aromatic rings. The van der Waals surface area contributed by atoms with Crippen LogP contribution in [0.5, 0.6) is 5.75 Å². The lowest BCUT2D eigenvalue weighted by atomic mass is 10.0. The second-order valence-electron chi connectivity index (χ2n) is 5.26. The zero-order valence-corrected chi connectivity index (χ0v) is 13.3. The highest BCUT2D eigenvalue weighted by Gasteiger charge is 2.15. The number of nitrogen functional groups attached to an aromatic ring is 2. The molecule has 0 aliphatic heterocycles. The number of benzene rings is 3. The van der Waals surface area contributed by atoms with Gasteiger partial charge in [0.2, 0.25) is 5.91 Å². The van der Waals surface area contributed by atoms with Crippen LogP contribution in [0.2, 0.25) is 0 Å². The van der Waals surface area contributed by atoms with E-state index in [1.807, 2.05) is 30.3 Å². The molecule has 7 heteroatoms. The minimum Gasteiger partial charge on any atom is -0.505 e. The molecule has 128 valence electrons. The first-order valence-corrected chi connectivity index (χ1v) is 7.26. The summed E-state index contributed by atoms with van der Waals surface area (Å²) in [4.78, 5) is 22.2. The molecule has 0 aromatic heterocycles. The molecule has 0 saturated heterocycles. The Morgan fingerprint density at radius 3 is 1.96 bits per heavy atom. The Morgan fingerprint density at radius 1 is 0.840 bits per heavy atom. The molecule has 0 fully saturated rings. The SMILES string of the molecule is NC(=O)c1ccc2c(N)c(O)c(C(N)=O)cc2c1.Nc1ccccc1. The van der Waals surface area contributed by atoms with Gasteiger partial charge < -0.3 is 28.0 Å². The molecule has 0 bridgehead atoms. The van der Waals surface area contributed by atoms with Gasteiger partial charge in [0, 0.05) is 16.6 Å². The first-order chi connectivity index (χ1) is 11.8. The second-order valence-corrected chi connectivity index (χ2v) is 5.26. The highest BCUT2D eigenvalue weighted by molar-refractivity contribution is 6.08. The second kappa shape index (κ2) is 7.22. The van der Waals surface area contributed by atoms with Gasteiger partial charge in [-0.1, -0.05) is 24.3 Å². The minimum atomic E-state index is -0.800. The van der Waals surface area contributed by atoms with Crippen LogP contribution in [0.1, 0.15) is 20.7 Å². The van der Waals surface area contributed by atoms with E-state index in [-0.39, 0.29) is 22.6 Å². The molecule has 25 heavy (non-hydrogen) atoms. The average Bonchev–Trinajstić information content (AvgIpc) is 2.58. The van der Waals surface area contributed by atoms with Gasteiger partial charge in [-0.15, -0.1) is 0 Å². The van der Waals surface area contributed by atoms with Crippen LogP contribution in [-0.2, 0) is 0 Å². The number of amides is 2. The summed E-state index contributed by atoms with van der Waals surface area (Å²) in [6.45, 7) is 0. The highest BCUT2D eigenvalue weighted by Crippen LogP contribution is 2.33. The lowest BCUT2D eigenvalue weighted by Crippen LogP contribution is -2.13. The molecule has 3 rings (SSSR count). The van der Waals surface area contributed by atoms with Gasteiger partial charge in [0.25, 0.3) is 5.91 Å². The molecule has 0 unspecified atom stereocenters. The first kappa shape index (κ1) is 17.6. The van der Waals surface area contributed by atoms with E-state index < -0.39 is 11.8 Å². The van der Waals surface area contributed by atoms with Crippen LogP contribution < -0.4 is 22.9 Å². The van der Waals surface area contributed by atoms with E-state index in [1.54, 1.807) is 6.07 Å². The topological polar surface area (TPSA) is 158 Å². The summed E-state index contributed by atoms with van der Waals surface area (Å²) in [5, 5.41) is 10.8. The van der Waals surface area contributed by atoms with E-state index in [9.17, 15) is 14.7 Å². The summed E-state index contributed by atoms with van der Waals surface area (Å²) in [5.74, 6) is -1.75. The molecular weight excluding hydrogens is 320 g/mol. The van der Waals surface area contributed by atoms with Gasteiger partial charge in [0.15, 0.2) is 5.75 Å². The lowest BCUT2D eigenvalue weighted by Gasteiger charge is -2.09. The van der Waals surface area contributed by atoms with Gasteiger partial charge in [0.1, 0.15) is 0 Å².